The molecule has 0 saturated heterocycles. The largest absolute Gasteiger partial charge is 0.352 e. The highest BCUT2D eigenvalue weighted by Crippen LogP contribution is 2.20. The van der Waals surface area contributed by atoms with Crippen LogP contribution in [0.15, 0.2) is 64.5 Å². The zero-order valence-electron chi connectivity index (χ0n) is 16.8. The van der Waals surface area contributed by atoms with Crippen molar-refractivity contribution < 1.29 is 9.59 Å². The number of aryl methyl sites for hydroxylation is 1. The number of aromatic amines is 1. The molecule has 0 unspecified atom stereocenters. The highest BCUT2D eigenvalue weighted by Gasteiger charge is 2.10. The monoisotopic (exact) mass is 456 g/mol. The van der Waals surface area contributed by atoms with Gasteiger partial charge < -0.3 is 15.6 Å². The number of H-pyrrole nitrogens is 1. The van der Waals surface area contributed by atoms with Gasteiger partial charge in [0, 0.05) is 23.3 Å². The molecule has 1 heterocycles. The Morgan fingerprint density at radius 2 is 1.87 bits per heavy atom. The van der Waals surface area contributed by atoms with E-state index in [9.17, 15) is 14.4 Å². The fourth-order valence-electron chi connectivity index (χ4n) is 2.67. The quantitative estimate of drug-likeness (QED) is 0.356. The lowest BCUT2D eigenvalue weighted by molar-refractivity contribution is -0.120. The first-order chi connectivity index (χ1) is 14.9. The van der Waals surface area contributed by atoms with Crippen LogP contribution < -0.4 is 16.2 Å². The second-order valence-corrected chi connectivity index (χ2v) is 8.15. The lowest BCUT2D eigenvalue weighted by Gasteiger charge is -2.08. The molecular formula is C22H21ClN4O3S. The van der Waals surface area contributed by atoms with Crippen molar-refractivity contribution in [3.05, 3.63) is 86.8 Å². The standard InChI is InChI=1S/C22H21ClN4O3S/c1-14-7-8-16(9-18(14)23)25-21(30)13-31-22-26-17(11-20(29)27-22)10-19(28)24-12-15-5-3-2-4-6-15/h2-9,11H,10,12-13H2,1H3,(H,24,28)(H,25,30)(H,26,27,29). The minimum Gasteiger partial charge on any atom is -0.352 e. The van der Waals surface area contributed by atoms with Crippen LogP contribution in [0.5, 0.6) is 0 Å². The van der Waals surface area contributed by atoms with Crippen LogP contribution in [-0.2, 0) is 22.6 Å². The summed E-state index contributed by atoms with van der Waals surface area (Å²) in [6, 6.07) is 16.1. The molecule has 0 aliphatic carbocycles. The van der Waals surface area contributed by atoms with Crippen molar-refractivity contribution in [3.63, 3.8) is 0 Å². The number of nitrogens with one attached hydrogen (secondary N) is 3. The number of hydrogen-bond donors (Lipinski definition) is 3. The number of hydrogen-bond acceptors (Lipinski definition) is 5. The fraction of sp³-hybridized carbons (Fsp3) is 0.182. The van der Waals surface area contributed by atoms with Crippen molar-refractivity contribution in [2.45, 2.75) is 25.0 Å². The predicted molar refractivity (Wildman–Crippen MR) is 122 cm³/mol. The molecule has 7 nitrogen and oxygen atoms in total. The molecule has 0 aliphatic rings. The van der Waals surface area contributed by atoms with Crippen molar-refractivity contribution in [2.75, 3.05) is 11.1 Å². The molecule has 0 radical (unpaired) electrons. The molecule has 3 rings (SSSR count). The van der Waals surface area contributed by atoms with E-state index in [1.807, 2.05) is 43.3 Å². The number of halogens is 1. The van der Waals surface area contributed by atoms with E-state index in [0.29, 0.717) is 22.9 Å². The van der Waals surface area contributed by atoms with Crippen LogP contribution in [0, 0.1) is 6.92 Å². The van der Waals surface area contributed by atoms with E-state index in [4.69, 9.17) is 11.6 Å². The van der Waals surface area contributed by atoms with Gasteiger partial charge in [0.1, 0.15) is 0 Å². The molecule has 0 atom stereocenters. The first kappa shape index (κ1) is 22.6. The van der Waals surface area contributed by atoms with E-state index < -0.39 is 0 Å². The molecule has 3 N–H and O–H groups in total. The van der Waals surface area contributed by atoms with E-state index in [-0.39, 0.29) is 34.7 Å². The smallest absolute Gasteiger partial charge is 0.251 e. The molecule has 9 heteroatoms. The van der Waals surface area contributed by atoms with Crippen LogP contribution in [0.2, 0.25) is 5.02 Å². The Morgan fingerprint density at radius 1 is 1.10 bits per heavy atom. The fourth-order valence-corrected chi connectivity index (χ4v) is 3.54. The SMILES string of the molecule is Cc1ccc(NC(=O)CSc2nc(CC(=O)NCc3ccccc3)cc(=O)[nH]2)cc1Cl. The number of nitrogens with zero attached hydrogens (tertiary/aromatic N) is 1. The molecule has 1 aromatic heterocycles. The summed E-state index contributed by atoms with van der Waals surface area (Å²) >= 11 is 7.14. The van der Waals surface area contributed by atoms with E-state index >= 15 is 0 Å². The van der Waals surface area contributed by atoms with Crippen LogP contribution in [0.1, 0.15) is 16.8 Å². The molecule has 3 aromatic rings. The summed E-state index contributed by atoms with van der Waals surface area (Å²) in [7, 11) is 0. The van der Waals surface area contributed by atoms with E-state index in [1.165, 1.54) is 6.07 Å². The number of carbonyl (C=O) groups excluding carboxylic acids is 2. The summed E-state index contributed by atoms with van der Waals surface area (Å²) in [5, 5.41) is 6.38. The van der Waals surface area contributed by atoms with E-state index in [1.54, 1.807) is 12.1 Å². The van der Waals surface area contributed by atoms with Crippen LogP contribution >= 0.6 is 23.4 Å². The average Bonchev–Trinajstić information content (AvgIpc) is 2.74. The summed E-state index contributed by atoms with van der Waals surface area (Å²) < 4.78 is 0. The Bertz CT molecular complexity index is 1140. The van der Waals surface area contributed by atoms with Crippen molar-refractivity contribution in [2.24, 2.45) is 0 Å². The van der Waals surface area contributed by atoms with Gasteiger partial charge in [-0.15, -0.1) is 0 Å². The highest BCUT2D eigenvalue weighted by atomic mass is 35.5. The van der Waals surface area contributed by atoms with Crippen LogP contribution in [0.25, 0.3) is 0 Å². The number of carbonyl (C=O) groups is 2. The summed E-state index contributed by atoms with van der Waals surface area (Å²) in [6.45, 7) is 2.27. The number of anilines is 1. The molecule has 31 heavy (non-hydrogen) atoms. The van der Waals surface area contributed by atoms with E-state index in [2.05, 4.69) is 20.6 Å². The number of benzene rings is 2. The number of aromatic nitrogens is 2. The lowest BCUT2D eigenvalue weighted by atomic mass is 10.2. The van der Waals surface area contributed by atoms with Crippen molar-refractivity contribution in [1.82, 2.24) is 15.3 Å². The minimum absolute atomic E-state index is 0.0294. The topological polar surface area (TPSA) is 104 Å². The third kappa shape index (κ3) is 7.27. The van der Waals surface area contributed by atoms with Gasteiger partial charge >= 0.3 is 0 Å². The maximum absolute atomic E-state index is 12.2. The van der Waals surface area contributed by atoms with Crippen LogP contribution in [0.4, 0.5) is 5.69 Å². The highest BCUT2D eigenvalue weighted by molar-refractivity contribution is 7.99. The van der Waals surface area contributed by atoms with Crippen molar-refractivity contribution >= 4 is 40.9 Å². The van der Waals surface area contributed by atoms with Gasteiger partial charge in [-0.25, -0.2) is 4.98 Å². The van der Waals surface area contributed by atoms with Gasteiger partial charge in [0.2, 0.25) is 11.8 Å². The maximum Gasteiger partial charge on any atom is 0.251 e. The Morgan fingerprint density at radius 3 is 2.61 bits per heavy atom. The second kappa shape index (κ2) is 10.8. The molecular weight excluding hydrogens is 436 g/mol. The molecule has 0 aliphatic heterocycles. The van der Waals surface area contributed by atoms with Crippen molar-refractivity contribution in [3.8, 4) is 0 Å². The van der Waals surface area contributed by atoms with Gasteiger partial charge in [-0.2, -0.15) is 0 Å². The Kier molecular flexibility index (Phi) is 7.86. The lowest BCUT2D eigenvalue weighted by Crippen LogP contribution is -2.26. The summed E-state index contributed by atoms with van der Waals surface area (Å²) in [5.74, 6) is -0.469. The maximum atomic E-state index is 12.2. The van der Waals surface area contributed by atoms with Gasteiger partial charge in [-0.05, 0) is 30.2 Å². The Balaban J connectivity index is 1.53. The first-order valence-corrected chi connectivity index (χ1v) is 10.8. The normalized spacial score (nSPS) is 10.5. The zero-order chi connectivity index (χ0) is 22.2. The summed E-state index contributed by atoms with van der Waals surface area (Å²) in [6.07, 6.45) is -0.0294. The van der Waals surface area contributed by atoms with Gasteiger partial charge in [0.15, 0.2) is 5.16 Å². The van der Waals surface area contributed by atoms with Gasteiger partial charge in [0.05, 0.1) is 17.9 Å². The van der Waals surface area contributed by atoms with Crippen molar-refractivity contribution in [1.29, 1.82) is 0 Å². The first-order valence-electron chi connectivity index (χ1n) is 9.49. The summed E-state index contributed by atoms with van der Waals surface area (Å²) in [4.78, 5) is 43.2. The number of amides is 2. The molecule has 0 fully saturated rings. The molecule has 0 spiro atoms. The van der Waals surface area contributed by atoms with Crippen LogP contribution in [-0.4, -0.2) is 27.5 Å². The third-order valence-corrected chi connectivity index (χ3v) is 5.52. The molecule has 2 amide bonds. The van der Waals surface area contributed by atoms with Gasteiger partial charge in [0.25, 0.3) is 5.56 Å². The zero-order valence-corrected chi connectivity index (χ0v) is 18.3. The predicted octanol–water partition coefficient (Wildman–Crippen LogP) is 3.32. The molecule has 2 aromatic carbocycles. The second-order valence-electron chi connectivity index (χ2n) is 6.78. The Hall–Kier alpha value is -3.10. The van der Waals surface area contributed by atoms with Gasteiger partial charge in [-0.3, -0.25) is 14.4 Å². The van der Waals surface area contributed by atoms with E-state index in [0.717, 1.165) is 22.9 Å². The Labute approximate surface area is 188 Å². The minimum atomic E-state index is -0.380. The molecule has 0 bridgehead atoms. The number of rotatable bonds is 8. The number of thioether (sulfide) groups is 1. The summed E-state index contributed by atoms with van der Waals surface area (Å²) in [5.41, 5.74) is 2.44. The van der Waals surface area contributed by atoms with Crippen LogP contribution in [0.3, 0.4) is 0 Å². The third-order valence-electron chi connectivity index (χ3n) is 4.24. The average molecular weight is 457 g/mol. The molecule has 0 saturated carbocycles. The van der Waals surface area contributed by atoms with Gasteiger partial charge in [-0.1, -0.05) is 59.8 Å². The molecule has 160 valence electrons.